The molecule has 0 saturated carbocycles. The molecule has 0 aromatic heterocycles. The summed E-state index contributed by atoms with van der Waals surface area (Å²) in [5.41, 5.74) is 0. The van der Waals surface area contributed by atoms with Gasteiger partial charge in [0.15, 0.2) is 0 Å². The van der Waals surface area contributed by atoms with Crippen LogP contribution in [-0.2, 0) is 196 Å². The molecule has 14 heavy (non-hydrogen) atoms. The molecule has 0 amide bonds. The number of hydrogen-bond acceptors (Lipinski definition) is 0. The fourth-order valence-electron chi connectivity index (χ4n) is 0. The first-order valence-corrected chi connectivity index (χ1v) is 0. The summed E-state index contributed by atoms with van der Waals surface area (Å²) in [6, 6.07) is 0. The third-order valence-electron chi connectivity index (χ3n) is 0. The summed E-state index contributed by atoms with van der Waals surface area (Å²) in [7, 11) is 0. The summed E-state index contributed by atoms with van der Waals surface area (Å²) in [6.07, 6.45) is 0. The average Bonchev–Trinajstić information content (AvgIpc) is 0. The van der Waals surface area contributed by atoms with Crippen LogP contribution in [0.4, 0.5) is 0 Å². The van der Waals surface area contributed by atoms with Gasteiger partial charge in [0.1, 0.15) is 0 Å². The van der Waals surface area contributed by atoms with Crippen molar-refractivity contribution in [2.75, 3.05) is 0 Å². The molecule has 0 unspecified atom stereocenters. The van der Waals surface area contributed by atoms with Crippen LogP contribution >= 0.6 is 0 Å². The van der Waals surface area contributed by atoms with Gasteiger partial charge in [-0.2, -0.15) is 0 Å². The minimum Gasteiger partial charge on any atom is -0.358 e. The molecule has 6 heteroatoms. The van der Waals surface area contributed by atoms with Gasteiger partial charge < -0.3 is 14.9 Å². The van der Waals surface area contributed by atoms with Gasteiger partial charge in [-0.1, -0.05) is 44.6 Å². The van der Waals surface area contributed by atoms with Gasteiger partial charge in [-0.15, -0.1) is 0 Å². The molecule has 0 atom stereocenters. The number of rotatable bonds is 0. The summed E-state index contributed by atoms with van der Waals surface area (Å²) in [5.74, 6) is 0. The van der Waals surface area contributed by atoms with Crippen molar-refractivity contribution < 1.29 is 196 Å². The van der Waals surface area contributed by atoms with Gasteiger partial charge in [-0.25, -0.2) is 0 Å². The van der Waals surface area contributed by atoms with Crippen LogP contribution in [0.5, 0.6) is 0 Å². The van der Waals surface area contributed by atoms with Gasteiger partial charge >= 0.3 is 0 Å². The van der Waals surface area contributed by atoms with Crippen molar-refractivity contribution in [3.05, 3.63) is 14.9 Å². The average molecular weight is 660 g/mol. The van der Waals surface area contributed by atoms with Crippen LogP contribution in [0.15, 0.2) is 0 Å². The monoisotopic (exact) mass is 660 g/mol. The predicted octanol–water partition coefficient (Wildman–Crippen LogP) is 4.70. The standard InChI is InChI=1S/6CH4.2CH3.6Y/h6*1H4;2*1H3;;;;;;/q;;;;;;2*-1;;;;;;. The molecule has 0 aliphatic carbocycles. The van der Waals surface area contributed by atoms with E-state index in [9.17, 15) is 0 Å². The molecular formula is C8H30Y6-2. The molecule has 0 aromatic rings. The maximum atomic E-state index is 0. The van der Waals surface area contributed by atoms with Gasteiger partial charge in [0.2, 0.25) is 0 Å². The van der Waals surface area contributed by atoms with E-state index in [0.717, 1.165) is 0 Å². The van der Waals surface area contributed by atoms with Crippen LogP contribution < -0.4 is 0 Å². The summed E-state index contributed by atoms with van der Waals surface area (Å²) in [5, 5.41) is 0. The fourth-order valence-corrected chi connectivity index (χ4v) is 0. The molecule has 0 nitrogen and oxygen atoms in total. The molecule has 0 saturated heterocycles. The van der Waals surface area contributed by atoms with E-state index in [1.807, 2.05) is 0 Å². The maximum Gasteiger partial charge on any atom is 0 e. The minimum absolute atomic E-state index is 0. The smallest absolute Gasteiger partial charge is 0 e. The van der Waals surface area contributed by atoms with E-state index in [4.69, 9.17) is 0 Å². The molecular weight excluding hydrogens is 630 g/mol. The topological polar surface area (TPSA) is 0 Å². The van der Waals surface area contributed by atoms with Gasteiger partial charge in [-0.05, 0) is 0 Å². The maximum absolute atomic E-state index is 0. The van der Waals surface area contributed by atoms with E-state index in [2.05, 4.69) is 0 Å². The van der Waals surface area contributed by atoms with Crippen LogP contribution in [-0.4, -0.2) is 0 Å². The van der Waals surface area contributed by atoms with Crippen molar-refractivity contribution in [2.45, 2.75) is 44.6 Å². The first-order valence-electron chi connectivity index (χ1n) is 0. The molecule has 0 aromatic carbocycles. The van der Waals surface area contributed by atoms with Crippen molar-refractivity contribution >= 4 is 0 Å². The SMILES string of the molecule is C.C.C.C.C.C.[CH3-].[CH3-].[Y].[Y].[Y].[Y].[Y].[Y]. The minimum atomic E-state index is 0. The molecule has 0 fully saturated rings. The fraction of sp³-hybridized carbons (Fsp3) is 0.750. The Kier molecular flexibility index (Phi) is 2010. The Morgan fingerprint density at radius 3 is 0.214 bits per heavy atom. The Morgan fingerprint density at radius 2 is 0.214 bits per heavy atom. The number of hydrogen-bond donors (Lipinski definition) is 0. The first-order chi connectivity index (χ1) is 0. The molecule has 0 N–H and O–H groups in total. The van der Waals surface area contributed by atoms with Gasteiger partial charge in [0.05, 0.1) is 0 Å². The molecule has 6 radical (unpaired) electrons. The largest absolute Gasteiger partial charge is 0.358 e. The van der Waals surface area contributed by atoms with Crippen LogP contribution in [0, 0.1) is 14.9 Å². The molecule has 82 valence electrons. The second-order valence-corrected chi connectivity index (χ2v) is 0. The zero-order valence-corrected chi connectivity index (χ0v) is 22.5. The van der Waals surface area contributed by atoms with E-state index < -0.39 is 0 Å². The first kappa shape index (κ1) is 181. The Bertz CT molecular complexity index is 13.8. The zero-order valence-electron chi connectivity index (χ0n) is 5.46. The molecule has 0 aliphatic heterocycles. The molecule has 0 bridgehead atoms. The van der Waals surface area contributed by atoms with Gasteiger partial charge in [0, 0.05) is 196 Å². The van der Waals surface area contributed by atoms with Gasteiger partial charge in [-0.3, -0.25) is 0 Å². The van der Waals surface area contributed by atoms with Crippen molar-refractivity contribution in [3.63, 3.8) is 0 Å². The summed E-state index contributed by atoms with van der Waals surface area (Å²) in [4.78, 5) is 0. The second kappa shape index (κ2) is 155. The predicted molar refractivity (Wildman–Crippen MR) is 53.2 cm³/mol. The molecule has 0 rings (SSSR count). The Labute approximate surface area is 249 Å². The second-order valence-electron chi connectivity index (χ2n) is 0. The molecule has 0 spiro atoms. The van der Waals surface area contributed by atoms with Crippen molar-refractivity contribution in [1.29, 1.82) is 0 Å². The normalized spacial score (nSPS) is 0. The molecule has 0 aliphatic rings. The Hall–Kier alpha value is 6.62. The summed E-state index contributed by atoms with van der Waals surface area (Å²) < 4.78 is 0. The van der Waals surface area contributed by atoms with Crippen molar-refractivity contribution in [3.8, 4) is 0 Å². The molecule has 0 heterocycles. The zero-order chi connectivity index (χ0) is 0. The Morgan fingerprint density at radius 1 is 0.214 bits per heavy atom. The van der Waals surface area contributed by atoms with E-state index in [-0.39, 0.29) is 256 Å². The summed E-state index contributed by atoms with van der Waals surface area (Å²) in [6.45, 7) is 0. The van der Waals surface area contributed by atoms with E-state index in [0.29, 0.717) is 0 Å². The van der Waals surface area contributed by atoms with Crippen LogP contribution in [0.25, 0.3) is 0 Å². The third kappa shape index (κ3) is 132. The van der Waals surface area contributed by atoms with Crippen LogP contribution in [0.1, 0.15) is 44.6 Å². The van der Waals surface area contributed by atoms with Crippen LogP contribution in [0.3, 0.4) is 0 Å². The van der Waals surface area contributed by atoms with Crippen LogP contribution in [0.2, 0.25) is 0 Å². The van der Waals surface area contributed by atoms with Gasteiger partial charge in [0.25, 0.3) is 0 Å². The van der Waals surface area contributed by atoms with E-state index in [1.54, 1.807) is 0 Å². The van der Waals surface area contributed by atoms with E-state index >= 15 is 0 Å². The van der Waals surface area contributed by atoms with Crippen molar-refractivity contribution in [1.82, 2.24) is 0 Å². The van der Waals surface area contributed by atoms with E-state index in [1.165, 1.54) is 0 Å². The quantitative estimate of drug-likeness (QED) is 0.331. The summed E-state index contributed by atoms with van der Waals surface area (Å²) >= 11 is 0. The third-order valence-corrected chi connectivity index (χ3v) is 0. The van der Waals surface area contributed by atoms with Crippen molar-refractivity contribution in [2.24, 2.45) is 0 Å². The Balaban J connectivity index is 0.